The Morgan fingerprint density at radius 1 is 0.364 bits per heavy atom. The Labute approximate surface area is 323 Å². The van der Waals surface area contributed by atoms with Crippen molar-refractivity contribution < 1.29 is 0 Å². The van der Waals surface area contributed by atoms with Crippen LogP contribution in [0.3, 0.4) is 0 Å². The largest absolute Gasteiger partial charge is 0.309 e. The van der Waals surface area contributed by atoms with E-state index in [1.165, 1.54) is 106 Å². The van der Waals surface area contributed by atoms with Crippen molar-refractivity contribution in [1.82, 2.24) is 0 Å². The minimum atomic E-state index is -0.412. The van der Waals surface area contributed by atoms with Crippen LogP contribution in [0.5, 0.6) is 0 Å². The van der Waals surface area contributed by atoms with Crippen LogP contribution in [0.15, 0.2) is 176 Å². The zero-order valence-corrected chi connectivity index (χ0v) is 31.1. The summed E-state index contributed by atoms with van der Waals surface area (Å²) in [7, 11) is 0. The highest BCUT2D eigenvalue weighted by Gasteiger charge is 2.52. The standard InChI is InChI=1S/C54H39N/c1-53(2)43-22-9-5-18-38(43)41-32-31-36(33-48(41)53)55(49-27-13-16-35-30-29-34-15-3-4-17-37(34)51(35)49)50-28-14-26-47-52(50)42-21-8-12-25-46(42)54(47)44-23-10-6-19-39(44)40-20-7-11-24-45(40)54/h3-28,31-33H,29-30H2,1-2H3. The van der Waals surface area contributed by atoms with Crippen molar-refractivity contribution in [2.75, 3.05) is 4.90 Å². The lowest BCUT2D eigenvalue weighted by Crippen LogP contribution is -2.26. The summed E-state index contributed by atoms with van der Waals surface area (Å²) < 4.78 is 0. The molecule has 1 spiro atoms. The molecule has 0 fully saturated rings. The van der Waals surface area contributed by atoms with Crippen molar-refractivity contribution >= 4 is 17.1 Å². The molecular formula is C54H39N. The van der Waals surface area contributed by atoms with Gasteiger partial charge in [0.05, 0.1) is 16.8 Å². The van der Waals surface area contributed by atoms with Crippen molar-refractivity contribution in [2.45, 2.75) is 37.5 Å². The predicted octanol–water partition coefficient (Wildman–Crippen LogP) is 13.6. The quantitative estimate of drug-likeness (QED) is 0.177. The minimum Gasteiger partial charge on any atom is -0.309 e. The summed E-state index contributed by atoms with van der Waals surface area (Å²) in [6.45, 7) is 4.78. The van der Waals surface area contributed by atoms with E-state index in [4.69, 9.17) is 0 Å². The molecule has 0 saturated carbocycles. The third-order valence-electron chi connectivity index (χ3n) is 13.4. The SMILES string of the molecule is CC1(C)c2ccccc2-c2ccc(N(c3cccc4c3-c3ccccc3CC4)c3cccc4c3-c3ccccc3C43c4ccccc4-c4ccccc43)cc21. The van der Waals surface area contributed by atoms with Gasteiger partial charge in [0.25, 0.3) is 0 Å². The third-order valence-corrected chi connectivity index (χ3v) is 13.4. The topological polar surface area (TPSA) is 3.24 Å². The monoisotopic (exact) mass is 701 g/mol. The van der Waals surface area contributed by atoms with Crippen LogP contribution in [0.1, 0.15) is 58.4 Å². The molecule has 260 valence electrons. The van der Waals surface area contributed by atoms with Gasteiger partial charge in [-0.3, -0.25) is 0 Å². The second-order valence-corrected chi connectivity index (χ2v) is 16.3. The van der Waals surface area contributed by atoms with Gasteiger partial charge < -0.3 is 4.90 Å². The van der Waals surface area contributed by atoms with E-state index in [-0.39, 0.29) is 5.41 Å². The maximum absolute atomic E-state index is 2.61. The maximum Gasteiger partial charge on any atom is 0.0726 e. The fourth-order valence-corrected chi connectivity index (χ4v) is 11.1. The Hall–Kier alpha value is -6.44. The van der Waals surface area contributed by atoms with Crippen LogP contribution in [0.2, 0.25) is 0 Å². The van der Waals surface area contributed by atoms with E-state index >= 15 is 0 Å². The maximum atomic E-state index is 2.61. The van der Waals surface area contributed by atoms with Crippen molar-refractivity contribution in [3.63, 3.8) is 0 Å². The van der Waals surface area contributed by atoms with Gasteiger partial charge >= 0.3 is 0 Å². The molecule has 0 saturated heterocycles. The molecule has 0 bridgehead atoms. The van der Waals surface area contributed by atoms with E-state index in [1.807, 2.05) is 0 Å². The number of nitrogens with zero attached hydrogens (tertiary/aromatic N) is 1. The van der Waals surface area contributed by atoms with Gasteiger partial charge in [-0.25, -0.2) is 0 Å². The molecule has 0 heterocycles. The minimum absolute atomic E-state index is 0.122. The van der Waals surface area contributed by atoms with Crippen molar-refractivity contribution in [3.05, 3.63) is 220 Å². The number of anilines is 3. The molecule has 4 aliphatic carbocycles. The van der Waals surface area contributed by atoms with Crippen LogP contribution in [-0.4, -0.2) is 0 Å². The molecule has 8 aromatic carbocycles. The summed E-state index contributed by atoms with van der Waals surface area (Å²) in [5, 5.41) is 0. The lowest BCUT2D eigenvalue weighted by Gasteiger charge is -2.34. The molecule has 1 nitrogen and oxygen atoms in total. The summed E-state index contributed by atoms with van der Waals surface area (Å²) in [4.78, 5) is 2.61. The van der Waals surface area contributed by atoms with Gasteiger partial charge in [0, 0.05) is 22.2 Å². The van der Waals surface area contributed by atoms with Gasteiger partial charge in [0.15, 0.2) is 0 Å². The summed E-state index contributed by atoms with van der Waals surface area (Å²) in [5.41, 5.74) is 24.8. The van der Waals surface area contributed by atoms with Crippen LogP contribution in [0.25, 0.3) is 44.5 Å². The molecule has 4 aliphatic rings. The van der Waals surface area contributed by atoms with E-state index < -0.39 is 5.41 Å². The van der Waals surface area contributed by atoms with Gasteiger partial charge in [-0.2, -0.15) is 0 Å². The van der Waals surface area contributed by atoms with Crippen LogP contribution < -0.4 is 4.90 Å². The molecule has 0 amide bonds. The highest BCUT2D eigenvalue weighted by molar-refractivity contribution is 6.03. The van der Waals surface area contributed by atoms with E-state index in [0.717, 1.165) is 12.8 Å². The molecule has 0 unspecified atom stereocenters. The van der Waals surface area contributed by atoms with Crippen LogP contribution in [-0.2, 0) is 23.7 Å². The molecule has 0 N–H and O–H groups in total. The van der Waals surface area contributed by atoms with E-state index in [9.17, 15) is 0 Å². The Morgan fingerprint density at radius 3 is 1.55 bits per heavy atom. The summed E-state index contributed by atoms with van der Waals surface area (Å²) >= 11 is 0. The number of fused-ring (bicyclic) bond motifs is 16. The van der Waals surface area contributed by atoms with Crippen LogP contribution in [0.4, 0.5) is 17.1 Å². The van der Waals surface area contributed by atoms with Crippen molar-refractivity contribution in [1.29, 1.82) is 0 Å². The Morgan fingerprint density at radius 2 is 0.836 bits per heavy atom. The molecule has 12 rings (SSSR count). The van der Waals surface area contributed by atoms with E-state index in [2.05, 4.69) is 195 Å². The van der Waals surface area contributed by atoms with Crippen molar-refractivity contribution in [3.8, 4) is 44.5 Å². The lowest BCUT2D eigenvalue weighted by molar-refractivity contribution is 0.660. The summed E-state index contributed by atoms with van der Waals surface area (Å²) in [6.07, 6.45) is 2.10. The normalized spacial score (nSPS) is 15.2. The van der Waals surface area contributed by atoms with Gasteiger partial charge in [-0.15, -0.1) is 0 Å². The van der Waals surface area contributed by atoms with Crippen molar-refractivity contribution in [2.24, 2.45) is 0 Å². The molecule has 0 aromatic heterocycles. The van der Waals surface area contributed by atoms with Crippen LogP contribution >= 0.6 is 0 Å². The highest BCUT2D eigenvalue weighted by atomic mass is 15.1. The van der Waals surface area contributed by atoms with E-state index in [1.54, 1.807) is 0 Å². The smallest absolute Gasteiger partial charge is 0.0726 e. The first-order valence-corrected chi connectivity index (χ1v) is 19.7. The first-order valence-electron chi connectivity index (χ1n) is 19.7. The highest BCUT2D eigenvalue weighted by Crippen LogP contribution is 2.65. The van der Waals surface area contributed by atoms with Gasteiger partial charge in [0.1, 0.15) is 0 Å². The second-order valence-electron chi connectivity index (χ2n) is 16.3. The van der Waals surface area contributed by atoms with Gasteiger partial charge in [-0.1, -0.05) is 166 Å². The molecule has 0 atom stereocenters. The number of benzene rings is 8. The van der Waals surface area contributed by atoms with Gasteiger partial charge in [0.2, 0.25) is 0 Å². The number of rotatable bonds is 3. The number of hydrogen-bond acceptors (Lipinski definition) is 1. The first-order chi connectivity index (χ1) is 27.1. The molecular weight excluding hydrogens is 663 g/mol. The summed E-state index contributed by atoms with van der Waals surface area (Å²) in [5.74, 6) is 0. The van der Waals surface area contributed by atoms with E-state index in [0.29, 0.717) is 0 Å². The Bertz CT molecular complexity index is 2880. The summed E-state index contributed by atoms with van der Waals surface area (Å²) in [6, 6.07) is 66.8. The molecule has 55 heavy (non-hydrogen) atoms. The molecule has 0 aliphatic heterocycles. The molecule has 0 radical (unpaired) electrons. The third kappa shape index (κ3) is 3.93. The molecule has 8 aromatic rings. The predicted molar refractivity (Wildman–Crippen MR) is 228 cm³/mol. The fraction of sp³-hybridized carbons (Fsp3) is 0.111. The average Bonchev–Trinajstić information content (AvgIpc) is 3.80. The Balaban J connectivity index is 1.19. The van der Waals surface area contributed by atoms with Crippen LogP contribution in [0, 0.1) is 0 Å². The van der Waals surface area contributed by atoms with Gasteiger partial charge in [-0.05, 0) is 115 Å². The number of aryl methyl sites for hydroxylation is 2. The zero-order chi connectivity index (χ0) is 36.5. The first kappa shape index (κ1) is 31.0. The average molecular weight is 702 g/mol. The molecule has 1 heteroatoms. The zero-order valence-electron chi connectivity index (χ0n) is 31.1. The lowest BCUT2D eigenvalue weighted by atomic mass is 9.70. The fourth-order valence-electron chi connectivity index (χ4n) is 11.1. The number of hydrogen-bond donors (Lipinski definition) is 0. The second kappa shape index (κ2) is 11.1. The Kier molecular flexibility index (Phi) is 6.23.